The maximum absolute atomic E-state index is 13.3. The molecule has 0 radical (unpaired) electrons. The summed E-state index contributed by atoms with van der Waals surface area (Å²) in [7, 11) is 3.75. The number of fused-ring (bicyclic) bond motifs is 1. The van der Waals surface area contributed by atoms with E-state index in [1.807, 2.05) is 38.9 Å². The van der Waals surface area contributed by atoms with E-state index >= 15 is 0 Å². The molecule has 2 unspecified atom stereocenters. The molecule has 3 rings (SSSR count). The van der Waals surface area contributed by atoms with Gasteiger partial charge in [0.05, 0.1) is 5.56 Å². The summed E-state index contributed by atoms with van der Waals surface area (Å²) in [5.41, 5.74) is 0.168. The van der Waals surface area contributed by atoms with Crippen molar-refractivity contribution in [2.45, 2.75) is 51.0 Å². The van der Waals surface area contributed by atoms with E-state index in [-0.39, 0.29) is 35.5 Å². The van der Waals surface area contributed by atoms with Gasteiger partial charge in [-0.15, -0.1) is 17.0 Å². The number of likely N-dealkylation sites (N-methyl/N-ethyl adjacent to an activating group) is 1. The molecule has 0 amide bonds. The molecule has 0 saturated heterocycles. The van der Waals surface area contributed by atoms with Crippen LogP contribution in [0.3, 0.4) is 0 Å². The molecule has 34 heavy (non-hydrogen) atoms. The Hall–Kier alpha value is -2.26. The Morgan fingerprint density at radius 1 is 1.21 bits per heavy atom. The molecule has 0 spiro atoms. The molecule has 1 aliphatic heterocycles. The molecule has 2 aromatic rings. The Balaban J connectivity index is 0.00000408. The van der Waals surface area contributed by atoms with Gasteiger partial charge in [0.15, 0.2) is 0 Å². The maximum atomic E-state index is 13.3. The number of alkyl halides is 3. The number of hydrogen-bond acceptors (Lipinski definition) is 5. The quantitative estimate of drug-likeness (QED) is 0.408. The lowest BCUT2D eigenvalue weighted by Crippen LogP contribution is -2.35. The smallest absolute Gasteiger partial charge is 0.416 e. The molecule has 0 aliphatic carbocycles. The standard InChI is InChI=1S/C25H30F3NO4.BrH/c1-16(30)32-20(14-29(4)5)15-31-19-9-10-21-22(13-24(2,3)33-23(21)12-19)17-7-6-8-18(11-17)25(26,27)28;/h6-12,20,22H,13-15H2,1-5H3;1H. The second-order valence-corrected chi connectivity index (χ2v) is 9.25. The van der Waals surface area contributed by atoms with Crippen LogP contribution in [0.25, 0.3) is 0 Å². The monoisotopic (exact) mass is 545 g/mol. The summed E-state index contributed by atoms with van der Waals surface area (Å²) in [4.78, 5) is 13.3. The zero-order valence-corrected chi connectivity index (χ0v) is 21.7. The van der Waals surface area contributed by atoms with Gasteiger partial charge in [0.2, 0.25) is 0 Å². The molecule has 0 bridgehead atoms. The van der Waals surface area contributed by atoms with Crippen LogP contribution in [0.5, 0.6) is 11.5 Å². The van der Waals surface area contributed by atoms with Gasteiger partial charge in [-0.05, 0) is 52.1 Å². The topological polar surface area (TPSA) is 48.0 Å². The van der Waals surface area contributed by atoms with Crippen LogP contribution in [0.2, 0.25) is 0 Å². The van der Waals surface area contributed by atoms with E-state index in [1.165, 1.54) is 19.1 Å². The number of rotatable bonds is 7. The molecular formula is C25H31BrF3NO4. The molecule has 9 heteroatoms. The fraction of sp³-hybridized carbons (Fsp3) is 0.480. The number of esters is 1. The SMILES string of the molecule is Br.CC(=O)OC(COc1ccc2c(c1)OC(C)(C)CC2c1cccc(C(F)(F)F)c1)CN(C)C. The summed E-state index contributed by atoms with van der Waals surface area (Å²) < 4.78 is 57.1. The third-order valence-electron chi connectivity index (χ3n) is 5.40. The van der Waals surface area contributed by atoms with Gasteiger partial charge < -0.3 is 19.1 Å². The minimum absolute atomic E-state index is 0. The first-order chi connectivity index (χ1) is 15.3. The van der Waals surface area contributed by atoms with Crippen molar-refractivity contribution in [1.29, 1.82) is 0 Å². The summed E-state index contributed by atoms with van der Waals surface area (Å²) in [5.74, 6) is 0.473. The molecule has 5 nitrogen and oxygen atoms in total. The number of benzene rings is 2. The van der Waals surface area contributed by atoms with Crippen molar-refractivity contribution in [2.24, 2.45) is 0 Å². The van der Waals surface area contributed by atoms with Gasteiger partial charge in [-0.2, -0.15) is 13.2 Å². The van der Waals surface area contributed by atoms with Crippen LogP contribution < -0.4 is 9.47 Å². The normalized spacial score (nSPS) is 17.7. The van der Waals surface area contributed by atoms with Crippen LogP contribution in [0, 0.1) is 0 Å². The first-order valence-electron chi connectivity index (χ1n) is 10.8. The molecule has 1 heterocycles. The van der Waals surface area contributed by atoms with Gasteiger partial charge in [0.1, 0.15) is 29.8 Å². The largest absolute Gasteiger partial charge is 0.490 e. The molecule has 1 aliphatic rings. The average molecular weight is 546 g/mol. The van der Waals surface area contributed by atoms with Crippen molar-refractivity contribution < 1.29 is 32.2 Å². The van der Waals surface area contributed by atoms with E-state index in [0.29, 0.717) is 30.0 Å². The van der Waals surface area contributed by atoms with Crippen molar-refractivity contribution in [3.63, 3.8) is 0 Å². The van der Waals surface area contributed by atoms with Gasteiger partial charge in [0.25, 0.3) is 0 Å². The van der Waals surface area contributed by atoms with Crippen LogP contribution in [0.4, 0.5) is 13.2 Å². The van der Waals surface area contributed by atoms with E-state index in [9.17, 15) is 18.0 Å². The Bertz CT molecular complexity index is 994. The van der Waals surface area contributed by atoms with Crippen LogP contribution in [-0.4, -0.2) is 49.8 Å². The lowest BCUT2D eigenvalue weighted by Gasteiger charge is -2.38. The summed E-state index contributed by atoms with van der Waals surface area (Å²) >= 11 is 0. The number of nitrogens with zero attached hydrogens (tertiary/aromatic N) is 1. The van der Waals surface area contributed by atoms with Crippen LogP contribution in [-0.2, 0) is 15.7 Å². The summed E-state index contributed by atoms with van der Waals surface area (Å²) in [6.45, 7) is 5.85. The van der Waals surface area contributed by atoms with Crippen LogP contribution in [0.15, 0.2) is 42.5 Å². The third-order valence-corrected chi connectivity index (χ3v) is 5.40. The summed E-state index contributed by atoms with van der Waals surface area (Å²) in [6, 6.07) is 10.8. The van der Waals surface area contributed by atoms with Gasteiger partial charge in [-0.3, -0.25) is 4.79 Å². The fourth-order valence-corrected chi connectivity index (χ4v) is 4.11. The zero-order valence-electron chi connectivity index (χ0n) is 19.9. The molecular weight excluding hydrogens is 515 g/mol. The molecule has 2 aromatic carbocycles. The maximum Gasteiger partial charge on any atom is 0.416 e. The average Bonchev–Trinajstić information content (AvgIpc) is 2.69. The third kappa shape index (κ3) is 7.37. The highest BCUT2D eigenvalue weighted by atomic mass is 79.9. The second-order valence-electron chi connectivity index (χ2n) is 9.25. The predicted octanol–water partition coefficient (Wildman–Crippen LogP) is 5.85. The minimum atomic E-state index is -4.40. The summed E-state index contributed by atoms with van der Waals surface area (Å²) in [5, 5.41) is 0. The van der Waals surface area contributed by atoms with Crippen LogP contribution in [0.1, 0.15) is 49.8 Å². The first kappa shape index (κ1) is 28.0. The molecule has 0 fully saturated rings. The number of halogens is 4. The number of carbonyl (C=O) groups excluding carboxylic acids is 1. The van der Waals surface area contributed by atoms with E-state index in [2.05, 4.69) is 0 Å². The molecule has 188 valence electrons. The van der Waals surface area contributed by atoms with Crippen molar-refractivity contribution in [1.82, 2.24) is 4.90 Å². The Morgan fingerprint density at radius 2 is 1.91 bits per heavy atom. The predicted molar refractivity (Wildman–Crippen MR) is 129 cm³/mol. The molecule has 0 N–H and O–H groups in total. The Kier molecular flexibility index (Phi) is 9.04. The molecule has 2 atom stereocenters. The minimum Gasteiger partial charge on any atom is -0.490 e. The number of carbonyl (C=O) groups is 1. The van der Waals surface area contributed by atoms with Gasteiger partial charge in [0, 0.05) is 31.0 Å². The molecule has 0 saturated carbocycles. The van der Waals surface area contributed by atoms with E-state index in [4.69, 9.17) is 14.2 Å². The summed E-state index contributed by atoms with van der Waals surface area (Å²) in [6.07, 6.45) is -4.30. The van der Waals surface area contributed by atoms with Gasteiger partial charge in [-0.1, -0.05) is 24.3 Å². The zero-order chi connectivity index (χ0) is 24.4. The first-order valence-corrected chi connectivity index (χ1v) is 10.8. The lowest BCUT2D eigenvalue weighted by atomic mass is 9.79. The van der Waals surface area contributed by atoms with E-state index < -0.39 is 23.4 Å². The van der Waals surface area contributed by atoms with Gasteiger partial charge >= 0.3 is 12.1 Å². The van der Waals surface area contributed by atoms with E-state index in [1.54, 1.807) is 18.2 Å². The van der Waals surface area contributed by atoms with E-state index in [0.717, 1.165) is 11.6 Å². The highest BCUT2D eigenvalue weighted by molar-refractivity contribution is 8.93. The fourth-order valence-electron chi connectivity index (χ4n) is 4.11. The highest BCUT2D eigenvalue weighted by Crippen LogP contribution is 2.46. The van der Waals surface area contributed by atoms with Crippen molar-refractivity contribution in [3.05, 3.63) is 59.2 Å². The Labute approximate surface area is 208 Å². The van der Waals surface area contributed by atoms with Crippen molar-refractivity contribution >= 4 is 23.0 Å². The second kappa shape index (κ2) is 11.0. The number of ether oxygens (including phenoxy) is 3. The van der Waals surface area contributed by atoms with Gasteiger partial charge in [-0.25, -0.2) is 0 Å². The lowest BCUT2D eigenvalue weighted by molar-refractivity contribution is -0.148. The molecule has 0 aromatic heterocycles. The van der Waals surface area contributed by atoms with Crippen LogP contribution >= 0.6 is 17.0 Å². The van der Waals surface area contributed by atoms with Crippen molar-refractivity contribution in [2.75, 3.05) is 27.2 Å². The number of hydrogen-bond donors (Lipinski definition) is 0. The van der Waals surface area contributed by atoms with Crippen molar-refractivity contribution in [3.8, 4) is 11.5 Å². The Morgan fingerprint density at radius 3 is 2.53 bits per heavy atom. The highest BCUT2D eigenvalue weighted by Gasteiger charge is 2.36.